The minimum atomic E-state index is 0.520. The smallest absolute Gasteiger partial charge is 0.0376 e. The van der Waals surface area contributed by atoms with E-state index in [2.05, 4.69) is 52.3 Å². The summed E-state index contributed by atoms with van der Waals surface area (Å²) < 4.78 is 2.85. The highest BCUT2D eigenvalue weighted by atomic mass is 79.9. The van der Waals surface area contributed by atoms with Gasteiger partial charge in [0.05, 0.1) is 0 Å². The molecule has 0 fully saturated rings. The maximum Gasteiger partial charge on any atom is 0.0376 e. The molecule has 0 heterocycles. The monoisotopic (exact) mass is 293 g/mol. The van der Waals surface area contributed by atoms with E-state index in [1.807, 2.05) is 0 Å². The lowest BCUT2D eigenvalue weighted by Gasteiger charge is -1.99. The molecule has 0 saturated heterocycles. The van der Waals surface area contributed by atoms with Gasteiger partial charge in [-0.1, -0.05) is 31.9 Å². The van der Waals surface area contributed by atoms with E-state index in [1.165, 1.54) is 0 Å². The minimum Gasteiger partial charge on any atom is -0.255 e. The van der Waals surface area contributed by atoms with Crippen molar-refractivity contribution in [1.82, 2.24) is 4.34 Å². The standard InChI is InChI=1S/C3H6Br3N/c4-1-3(5)2-7-6/h3,7H,1-2H2. The Balaban J connectivity index is 2.83. The zero-order valence-corrected chi connectivity index (χ0v) is 8.38. The van der Waals surface area contributed by atoms with Crippen molar-refractivity contribution in [3.8, 4) is 0 Å². The van der Waals surface area contributed by atoms with Gasteiger partial charge in [0.1, 0.15) is 0 Å². The van der Waals surface area contributed by atoms with Gasteiger partial charge in [0.2, 0.25) is 0 Å². The van der Waals surface area contributed by atoms with Crippen molar-refractivity contribution in [2.45, 2.75) is 4.83 Å². The van der Waals surface area contributed by atoms with E-state index in [4.69, 9.17) is 0 Å². The first-order valence-electron chi connectivity index (χ1n) is 1.84. The van der Waals surface area contributed by atoms with Crippen molar-refractivity contribution in [2.24, 2.45) is 0 Å². The van der Waals surface area contributed by atoms with Gasteiger partial charge in [0, 0.05) is 32.8 Å². The average molecular weight is 296 g/mol. The molecule has 1 unspecified atom stereocenters. The Morgan fingerprint density at radius 2 is 2.14 bits per heavy atom. The van der Waals surface area contributed by atoms with E-state index >= 15 is 0 Å². The third kappa shape index (κ3) is 5.27. The summed E-state index contributed by atoms with van der Waals surface area (Å²) in [6.07, 6.45) is 0. The Kier molecular flexibility index (Phi) is 6.64. The highest BCUT2D eigenvalue weighted by Crippen LogP contribution is 2.01. The number of hydrogen-bond donors (Lipinski definition) is 1. The van der Waals surface area contributed by atoms with Crippen molar-refractivity contribution in [2.75, 3.05) is 11.9 Å². The van der Waals surface area contributed by atoms with Crippen molar-refractivity contribution in [3.05, 3.63) is 0 Å². The first-order valence-corrected chi connectivity index (χ1v) is 4.67. The molecular weight excluding hydrogens is 290 g/mol. The molecule has 1 atom stereocenters. The van der Waals surface area contributed by atoms with E-state index in [0.717, 1.165) is 11.9 Å². The molecule has 44 valence electrons. The van der Waals surface area contributed by atoms with Crippen LogP contribution < -0.4 is 4.34 Å². The molecule has 7 heavy (non-hydrogen) atoms. The second-order valence-electron chi connectivity index (χ2n) is 1.09. The molecule has 0 spiro atoms. The highest BCUT2D eigenvalue weighted by Gasteiger charge is 1.96. The molecule has 0 rings (SSSR count). The van der Waals surface area contributed by atoms with Crippen LogP contribution in [-0.4, -0.2) is 16.7 Å². The van der Waals surface area contributed by atoms with E-state index in [1.54, 1.807) is 0 Å². The zero-order chi connectivity index (χ0) is 5.70. The average Bonchev–Trinajstić information content (AvgIpc) is 1.68. The van der Waals surface area contributed by atoms with Crippen LogP contribution in [0.1, 0.15) is 0 Å². The predicted molar refractivity (Wildman–Crippen MR) is 43.4 cm³/mol. The van der Waals surface area contributed by atoms with Gasteiger partial charge < -0.3 is 0 Å². The first kappa shape index (κ1) is 8.40. The van der Waals surface area contributed by atoms with E-state index in [0.29, 0.717) is 4.83 Å². The van der Waals surface area contributed by atoms with Gasteiger partial charge in [0.25, 0.3) is 0 Å². The minimum absolute atomic E-state index is 0.520. The molecule has 0 aliphatic carbocycles. The van der Waals surface area contributed by atoms with Crippen molar-refractivity contribution >= 4 is 48.0 Å². The Hall–Kier alpha value is 1.40. The van der Waals surface area contributed by atoms with Gasteiger partial charge in [-0.05, 0) is 0 Å². The third-order valence-electron chi connectivity index (χ3n) is 0.466. The van der Waals surface area contributed by atoms with Crippen molar-refractivity contribution in [1.29, 1.82) is 0 Å². The summed E-state index contributed by atoms with van der Waals surface area (Å²) in [6.45, 7) is 0.936. The quantitative estimate of drug-likeness (QED) is 0.621. The topological polar surface area (TPSA) is 12.0 Å². The number of alkyl halides is 2. The molecule has 0 amide bonds. The normalized spacial score (nSPS) is 14.1. The molecular formula is C3H6Br3N. The van der Waals surface area contributed by atoms with Gasteiger partial charge in [0.15, 0.2) is 0 Å². The lowest BCUT2D eigenvalue weighted by molar-refractivity contribution is 0.934. The fraction of sp³-hybridized carbons (Fsp3) is 1.00. The Morgan fingerprint density at radius 3 is 2.29 bits per heavy atom. The molecule has 4 heteroatoms. The van der Waals surface area contributed by atoms with Crippen LogP contribution >= 0.6 is 48.0 Å². The highest BCUT2D eigenvalue weighted by molar-refractivity contribution is 9.12. The summed E-state index contributed by atoms with van der Waals surface area (Å²) in [5, 5.41) is 0.978. The molecule has 1 N–H and O–H groups in total. The molecule has 0 radical (unpaired) electrons. The summed E-state index contributed by atoms with van der Waals surface area (Å²) in [5.74, 6) is 0. The number of rotatable bonds is 3. The van der Waals surface area contributed by atoms with Crippen LogP contribution in [0.25, 0.3) is 0 Å². The lowest BCUT2D eigenvalue weighted by atomic mass is 10.5. The molecule has 0 bridgehead atoms. The lowest BCUT2D eigenvalue weighted by Crippen LogP contribution is -2.14. The molecule has 0 aliphatic heterocycles. The Bertz CT molecular complexity index is 41.2. The fourth-order valence-electron chi connectivity index (χ4n) is 0.138. The Morgan fingerprint density at radius 1 is 1.57 bits per heavy atom. The van der Waals surface area contributed by atoms with Crippen LogP contribution in [0.15, 0.2) is 0 Å². The summed E-state index contributed by atoms with van der Waals surface area (Å²) in [5.41, 5.74) is 0. The molecule has 0 aromatic carbocycles. The van der Waals surface area contributed by atoms with Crippen LogP contribution in [0.2, 0.25) is 0 Å². The summed E-state index contributed by atoms with van der Waals surface area (Å²) in [7, 11) is 0. The van der Waals surface area contributed by atoms with Crippen molar-refractivity contribution in [3.63, 3.8) is 0 Å². The fourth-order valence-corrected chi connectivity index (χ4v) is 1.35. The predicted octanol–water partition coefficient (Wildman–Crippen LogP) is 2.04. The molecule has 0 aromatic rings. The summed E-state index contributed by atoms with van der Waals surface area (Å²) >= 11 is 9.80. The van der Waals surface area contributed by atoms with E-state index in [-0.39, 0.29) is 0 Å². The Labute approximate surface area is 68.8 Å². The second kappa shape index (κ2) is 5.54. The molecule has 0 saturated carbocycles. The molecule has 1 nitrogen and oxygen atoms in total. The van der Waals surface area contributed by atoms with Gasteiger partial charge in [-0.2, -0.15) is 0 Å². The van der Waals surface area contributed by atoms with Gasteiger partial charge in [-0.3, -0.25) is 4.34 Å². The van der Waals surface area contributed by atoms with Crippen LogP contribution in [0.3, 0.4) is 0 Å². The van der Waals surface area contributed by atoms with Gasteiger partial charge in [-0.15, -0.1) is 0 Å². The SMILES string of the molecule is BrCC(Br)CNBr. The summed E-state index contributed by atoms with van der Waals surface area (Å²) in [4.78, 5) is 0.520. The van der Waals surface area contributed by atoms with Crippen LogP contribution in [0.5, 0.6) is 0 Å². The number of nitrogens with one attached hydrogen (secondary N) is 1. The van der Waals surface area contributed by atoms with Crippen molar-refractivity contribution < 1.29 is 0 Å². The second-order valence-corrected chi connectivity index (χ2v) is 3.59. The largest absolute Gasteiger partial charge is 0.255 e. The third-order valence-corrected chi connectivity index (χ3v) is 3.09. The summed E-state index contributed by atoms with van der Waals surface area (Å²) in [6, 6.07) is 0. The van der Waals surface area contributed by atoms with E-state index < -0.39 is 0 Å². The molecule has 0 aliphatic rings. The number of halogens is 3. The number of hydrogen-bond acceptors (Lipinski definition) is 1. The van der Waals surface area contributed by atoms with Crippen LogP contribution in [0, 0.1) is 0 Å². The zero-order valence-electron chi connectivity index (χ0n) is 3.63. The van der Waals surface area contributed by atoms with Gasteiger partial charge >= 0.3 is 0 Å². The first-order chi connectivity index (χ1) is 3.31. The molecule has 0 aromatic heterocycles. The maximum absolute atomic E-state index is 3.40. The van der Waals surface area contributed by atoms with Crippen LogP contribution in [0.4, 0.5) is 0 Å². The van der Waals surface area contributed by atoms with Gasteiger partial charge in [-0.25, -0.2) is 0 Å². The maximum atomic E-state index is 3.40. The van der Waals surface area contributed by atoms with Crippen LogP contribution in [-0.2, 0) is 0 Å². The van der Waals surface area contributed by atoms with E-state index in [9.17, 15) is 0 Å².